The molecule has 2 fully saturated rings. The maximum absolute atomic E-state index is 12.8. The van der Waals surface area contributed by atoms with E-state index in [9.17, 15) is 13.8 Å². The number of amides is 2. The number of hydrogen-bond acceptors (Lipinski definition) is 3. The highest BCUT2D eigenvalue weighted by molar-refractivity contribution is 7.85. The monoisotopic (exact) mass is 320 g/mol. The summed E-state index contributed by atoms with van der Waals surface area (Å²) in [6.45, 7) is 6.62. The Morgan fingerprint density at radius 2 is 1.41 bits per heavy atom. The highest BCUT2D eigenvalue weighted by Crippen LogP contribution is 2.34. The van der Waals surface area contributed by atoms with Gasteiger partial charge in [-0.25, -0.2) is 10.0 Å². The normalized spacial score (nSPS) is 20.5. The molecule has 0 spiro atoms. The molecule has 0 bridgehead atoms. The fraction of sp³-hybridized carbons (Fsp3) is 0.500. The first-order valence-corrected chi connectivity index (χ1v) is 8.94. The molecule has 22 heavy (non-hydrogen) atoms. The third-order valence-electron chi connectivity index (χ3n) is 4.38. The standard InChI is InChI=1S/C16H20N2O3S/c1-10-8-11(2)13(12(3)9-10)14-15(19)17-4-6-22(21)7-5-18(17)16(14)20/h8-9,14H,4-7H2,1-3H3. The molecular weight excluding hydrogens is 300 g/mol. The highest BCUT2D eigenvalue weighted by atomic mass is 32.2. The van der Waals surface area contributed by atoms with Crippen molar-refractivity contribution in [2.75, 3.05) is 24.6 Å². The average Bonchev–Trinajstić information content (AvgIpc) is 2.59. The van der Waals surface area contributed by atoms with Crippen LogP contribution in [-0.4, -0.2) is 50.6 Å². The summed E-state index contributed by atoms with van der Waals surface area (Å²) < 4.78 is 11.7. The van der Waals surface area contributed by atoms with Crippen LogP contribution in [-0.2, 0) is 20.4 Å². The van der Waals surface area contributed by atoms with Crippen molar-refractivity contribution in [3.05, 3.63) is 34.4 Å². The van der Waals surface area contributed by atoms with E-state index in [1.54, 1.807) is 0 Å². The summed E-state index contributed by atoms with van der Waals surface area (Å²) in [6.07, 6.45) is 0. The molecule has 0 N–H and O–H groups in total. The Morgan fingerprint density at radius 3 is 1.86 bits per heavy atom. The van der Waals surface area contributed by atoms with Crippen molar-refractivity contribution in [1.29, 1.82) is 0 Å². The van der Waals surface area contributed by atoms with Crippen LogP contribution < -0.4 is 0 Å². The molecule has 2 saturated heterocycles. The van der Waals surface area contributed by atoms with Gasteiger partial charge in [-0.3, -0.25) is 13.8 Å². The topological polar surface area (TPSA) is 57.7 Å². The van der Waals surface area contributed by atoms with Crippen LogP contribution in [0.15, 0.2) is 12.1 Å². The number of carbonyl (C=O) groups excluding carboxylic acids is 2. The van der Waals surface area contributed by atoms with Gasteiger partial charge in [0, 0.05) is 22.3 Å². The van der Waals surface area contributed by atoms with Crippen LogP contribution in [0.3, 0.4) is 0 Å². The summed E-state index contributed by atoms with van der Waals surface area (Å²) in [5.74, 6) is -0.229. The van der Waals surface area contributed by atoms with Gasteiger partial charge in [-0.15, -0.1) is 0 Å². The fourth-order valence-corrected chi connectivity index (χ4v) is 4.43. The maximum atomic E-state index is 12.8. The van der Waals surface area contributed by atoms with Crippen molar-refractivity contribution < 1.29 is 13.8 Å². The van der Waals surface area contributed by atoms with E-state index in [-0.39, 0.29) is 11.8 Å². The van der Waals surface area contributed by atoms with Gasteiger partial charge in [0.25, 0.3) is 11.8 Å². The van der Waals surface area contributed by atoms with Crippen LogP contribution in [0.25, 0.3) is 0 Å². The Hall–Kier alpha value is -1.69. The van der Waals surface area contributed by atoms with E-state index in [0.29, 0.717) is 24.6 Å². The SMILES string of the molecule is Cc1cc(C)c(C2C(=O)N3CCS(=O)CCN3C2=O)c(C)c1. The zero-order chi connectivity index (χ0) is 16.0. The minimum Gasteiger partial charge on any atom is -0.272 e. The molecule has 1 aromatic carbocycles. The van der Waals surface area contributed by atoms with Crippen LogP contribution in [0, 0.1) is 20.8 Å². The molecule has 0 unspecified atom stereocenters. The number of aryl methyl sites for hydroxylation is 3. The van der Waals surface area contributed by atoms with Gasteiger partial charge in [-0.2, -0.15) is 0 Å². The number of rotatable bonds is 1. The molecule has 0 aliphatic carbocycles. The average molecular weight is 320 g/mol. The van der Waals surface area contributed by atoms with Crippen LogP contribution in [0.2, 0.25) is 0 Å². The molecule has 118 valence electrons. The van der Waals surface area contributed by atoms with E-state index in [1.165, 1.54) is 10.0 Å². The van der Waals surface area contributed by atoms with E-state index >= 15 is 0 Å². The molecule has 0 atom stereocenters. The van der Waals surface area contributed by atoms with Gasteiger partial charge in [-0.1, -0.05) is 17.7 Å². The molecular formula is C16H20N2O3S. The number of carbonyl (C=O) groups is 2. The van der Waals surface area contributed by atoms with E-state index in [1.807, 2.05) is 32.9 Å². The second-order valence-corrected chi connectivity index (χ2v) is 7.71. The first kappa shape index (κ1) is 15.2. The van der Waals surface area contributed by atoms with Crippen LogP contribution >= 0.6 is 0 Å². The van der Waals surface area contributed by atoms with E-state index in [2.05, 4.69) is 0 Å². The lowest BCUT2D eigenvalue weighted by Gasteiger charge is -2.23. The minimum absolute atomic E-state index is 0.182. The molecule has 2 aliphatic rings. The zero-order valence-electron chi connectivity index (χ0n) is 13.1. The molecule has 1 aromatic rings. The Bertz CT molecular complexity index is 635. The molecule has 2 aliphatic heterocycles. The molecule has 2 amide bonds. The molecule has 2 heterocycles. The Labute approximate surface area is 132 Å². The lowest BCUT2D eigenvalue weighted by Crippen LogP contribution is -2.41. The first-order chi connectivity index (χ1) is 10.4. The quantitative estimate of drug-likeness (QED) is 0.727. The summed E-state index contributed by atoms with van der Waals surface area (Å²) in [7, 11) is -0.952. The van der Waals surface area contributed by atoms with Crippen molar-refractivity contribution in [2.45, 2.75) is 26.7 Å². The van der Waals surface area contributed by atoms with E-state index in [4.69, 9.17) is 0 Å². The molecule has 6 heteroatoms. The van der Waals surface area contributed by atoms with Crippen molar-refractivity contribution in [3.63, 3.8) is 0 Å². The minimum atomic E-state index is -0.952. The first-order valence-electron chi connectivity index (χ1n) is 7.45. The van der Waals surface area contributed by atoms with Gasteiger partial charge in [0.2, 0.25) is 0 Å². The summed E-state index contributed by atoms with van der Waals surface area (Å²) in [5, 5.41) is 2.99. The number of hydrogen-bond donors (Lipinski definition) is 0. The van der Waals surface area contributed by atoms with Gasteiger partial charge in [-0.05, 0) is 37.5 Å². The Kier molecular flexibility index (Phi) is 3.80. The van der Waals surface area contributed by atoms with Crippen molar-refractivity contribution >= 4 is 22.6 Å². The van der Waals surface area contributed by atoms with Gasteiger partial charge < -0.3 is 0 Å². The summed E-state index contributed by atoms with van der Waals surface area (Å²) >= 11 is 0. The van der Waals surface area contributed by atoms with Gasteiger partial charge >= 0.3 is 0 Å². The van der Waals surface area contributed by atoms with Gasteiger partial charge in [0.05, 0.1) is 13.1 Å². The highest BCUT2D eigenvalue weighted by Gasteiger charge is 2.47. The lowest BCUT2D eigenvalue weighted by molar-refractivity contribution is -0.145. The second-order valence-electron chi connectivity index (χ2n) is 6.02. The van der Waals surface area contributed by atoms with Gasteiger partial charge in [0.15, 0.2) is 0 Å². The number of hydrazine groups is 1. The Balaban J connectivity index is 2.02. The predicted molar refractivity (Wildman–Crippen MR) is 84.7 cm³/mol. The molecule has 0 aromatic heterocycles. The number of benzene rings is 1. The van der Waals surface area contributed by atoms with Crippen LogP contribution in [0.1, 0.15) is 28.2 Å². The van der Waals surface area contributed by atoms with E-state index in [0.717, 1.165) is 22.3 Å². The third-order valence-corrected chi connectivity index (χ3v) is 5.66. The molecule has 0 saturated carbocycles. The molecule has 0 radical (unpaired) electrons. The number of nitrogens with zero attached hydrogens (tertiary/aromatic N) is 2. The zero-order valence-corrected chi connectivity index (χ0v) is 13.9. The largest absolute Gasteiger partial charge is 0.272 e. The van der Waals surface area contributed by atoms with Crippen molar-refractivity contribution in [3.8, 4) is 0 Å². The predicted octanol–water partition coefficient (Wildman–Crippen LogP) is 1.04. The van der Waals surface area contributed by atoms with Crippen LogP contribution in [0.5, 0.6) is 0 Å². The summed E-state index contributed by atoms with van der Waals surface area (Å²) in [6, 6.07) is 4.02. The lowest BCUT2D eigenvalue weighted by atomic mass is 9.89. The Morgan fingerprint density at radius 1 is 0.955 bits per heavy atom. The maximum Gasteiger partial charge on any atom is 0.258 e. The molecule has 3 rings (SSSR count). The summed E-state index contributed by atoms with van der Waals surface area (Å²) in [4.78, 5) is 25.5. The third kappa shape index (κ3) is 2.35. The smallest absolute Gasteiger partial charge is 0.258 e. The van der Waals surface area contributed by atoms with Crippen molar-refractivity contribution in [2.24, 2.45) is 0 Å². The molecule has 5 nitrogen and oxygen atoms in total. The van der Waals surface area contributed by atoms with Crippen LogP contribution in [0.4, 0.5) is 0 Å². The van der Waals surface area contributed by atoms with Crippen molar-refractivity contribution in [1.82, 2.24) is 10.0 Å². The summed E-state index contributed by atoms with van der Waals surface area (Å²) in [5.41, 5.74) is 3.91. The number of fused-ring (bicyclic) bond motifs is 1. The van der Waals surface area contributed by atoms with E-state index < -0.39 is 16.7 Å². The second kappa shape index (κ2) is 5.50. The van der Waals surface area contributed by atoms with Gasteiger partial charge in [0.1, 0.15) is 5.92 Å². The fourth-order valence-electron chi connectivity index (χ4n) is 3.48.